The summed E-state index contributed by atoms with van der Waals surface area (Å²) in [5.41, 5.74) is 0. The molecule has 0 aromatic heterocycles. The van der Waals surface area contributed by atoms with Crippen LogP contribution in [0.5, 0.6) is 0 Å². The standard InChI is InChI=1S/C13H25NO2/c1-11(15)8-14(9-12(2)16)10-13-6-4-3-5-7-13/h3-4,11-13,15-16H,5-10H2,1-2H3/t11-,12+,13-/m1/s1. The number of allylic oxidation sites excluding steroid dienone is 2. The van der Waals surface area contributed by atoms with Crippen molar-refractivity contribution in [1.82, 2.24) is 4.90 Å². The molecule has 0 amide bonds. The van der Waals surface area contributed by atoms with Crippen molar-refractivity contribution in [2.24, 2.45) is 5.92 Å². The quantitative estimate of drug-likeness (QED) is 0.674. The maximum absolute atomic E-state index is 9.43. The smallest absolute Gasteiger partial charge is 0.0639 e. The average Bonchev–Trinajstić information content (AvgIpc) is 2.16. The molecule has 3 nitrogen and oxygen atoms in total. The van der Waals surface area contributed by atoms with Crippen LogP contribution < -0.4 is 0 Å². The molecule has 1 rings (SSSR count). The highest BCUT2D eigenvalue weighted by atomic mass is 16.3. The zero-order valence-electron chi connectivity index (χ0n) is 10.5. The summed E-state index contributed by atoms with van der Waals surface area (Å²) in [6.45, 7) is 5.90. The highest BCUT2D eigenvalue weighted by Gasteiger charge is 2.17. The third-order valence-corrected chi connectivity index (χ3v) is 2.94. The van der Waals surface area contributed by atoms with Crippen molar-refractivity contribution in [3.63, 3.8) is 0 Å². The fourth-order valence-corrected chi connectivity index (χ4v) is 2.36. The molecule has 0 saturated heterocycles. The summed E-state index contributed by atoms with van der Waals surface area (Å²) in [6, 6.07) is 0. The molecule has 1 aliphatic rings. The molecule has 0 spiro atoms. The van der Waals surface area contributed by atoms with Crippen molar-refractivity contribution in [2.45, 2.75) is 45.3 Å². The molecule has 16 heavy (non-hydrogen) atoms. The lowest BCUT2D eigenvalue weighted by molar-refractivity contribution is 0.0728. The fraction of sp³-hybridized carbons (Fsp3) is 0.846. The van der Waals surface area contributed by atoms with Crippen LogP contribution in [0.25, 0.3) is 0 Å². The van der Waals surface area contributed by atoms with Gasteiger partial charge in [-0.15, -0.1) is 0 Å². The highest BCUT2D eigenvalue weighted by molar-refractivity contribution is 4.91. The van der Waals surface area contributed by atoms with Gasteiger partial charge in [0, 0.05) is 19.6 Å². The Morgan fingerprint density at radius 1 is 1.19 bits per heavy atom. The topological polar surface area (TPSA) is 43.7 Å². The van der Waals surface area contributed by atoms with Crippen LogP contribution in [-0.4, -0.2) is 47.0 Å². The van der Waals surface area contributed by atoms with Crippen LogP contribution >= 0.6 is 0 Å². The fourth-order valence-electron chi connectivity index (χ4n) is 2.36. The van der Waals surface area contributed by atoms with E-state index in [-0.39, 0.29) is 12.2 Å². The van der Waals surface area contributed by atoms with Gasteiger partial charge >= 0.3 is 0 Å². The molecule has 0 aliphatic heterocycles. The van der Waals surface area contributed by atoms with Gasteiger partial charge in [0.2, 0.25) is 0 Å². The van der Waals surface area contributed by atoms with Gasteiger partial charge in [-0.2, -0.15) is 0 Å². The van der Waals surface area contributed by atoms with Crippen LogP contribution in [0.15, 0.2) is 12.2 Å². The van der Waals surface area contributed by atoms with Gasteiger partial charge in [0.15, 0.2) is 0 Å². The van der Waals surface area contributed by atoms with Gasteiger partial charge in [0.05, 0.1) is 12.2 Å². The molecular formula is C13H25NO2. The third kappa shape index (κ3) is 5.64. The molecule has 0 bridgehead atoms. The summed E-state index contributed by atoms with van der Waals surface area (Å²) in [4.78, 5) is 2.18. The largest absolute Gasteiger partial charge is 0.392 e. The molecule has 0 unspecified atom stereocenters. The predicted octanol–water partition coefficient (Wildman–Crippen LogP) is 1.41. The van der Waals surface area contributed by atoms with E-state index in [1.807, 2.05) is 0 Å². The van der Waals surface area contributed by atoms with E-state index >= 15 is 0 Å². The number of rotatable bonds is 6. The third-order valence-electron chi connectivity index (χ3n) is 2.94. The first-order chi connectivity index (χ1) is 7.58. The van der Waals surface area contributed by atoms with Gasteiger partial charge in [0.1, 0.15) is 0 Å². The summed E-state index contributed by atoms with van der Waals surface area (Å²) in [7, 11) is 0. The Balaban J connectivity index is 2.38. The Hall–Kier alpha value is -0.380. The maximum Gasteiger partial charge on any atom is 0.0639 e. The molecular weight excluding hydrogens is 202 g/mol. The zero-order valence-corrected chi connectivity index (χ0v) is 10.5. The minimum atomic E-state index is -0.321. The lowest BCUT2D eigenvalue weighted by Gasteiger charge is -2.29. The van der Waals surface area contributed by atoms with E-state index in [2.05, 4.69) is 17.1 Å². The maximum atomic E-state index is 9.43. The molecule has 1 aliphatic carbocycles. The van der Waals surface area contributed by atoms with E-state index in [0.717, 1.165) is 13.0 Å². The van der Waals surface area contributed by atoms with Gasteiger partial charge in [-0.05, 0) is 39.0 Å². The number of aliphatic hydroxyl groups is 2. The minimum absolute atomic E-state index is 0.321. The Morgan fingerprint density at radius 2 is 1.81 bits per heavy atom. The van der Waals surface area contributed by atoms with E-state index in [0.29, 0.717) is 19.0 Å². The second kappa shape index (κ2) is 7.05. The van der Waals surface area contributed by atoms with Crippen molar-refractivity contribution in [3.8, 4) is 0 Å². The van der Waals surface area contributed by atoms with Crippen molar-refractivity contribution in [2.75, 3.05) is 19.6 Å². The number of nitrogens with zero attached hydrogens (tertiary/aromatic N) is 1. The van der Waals surface area contributed by atoms with Crippen molar-refractivity contribution >= 4 is 0 Å². The normalized spacial score (nSPS) is 24.7. The average molecular weight is 227 g/mol. The van der Waals surface area contributed by atoms with Crippen LogP contribution in [-0.2, 0) is 0 Å². The van der Waals surface area contributed by atoms with E-state index in [4.69, 9.17) is 0 Å². The van der Waals surface area contributed by atoms with Crippen LogP contribution in [0.1, 0.15) is 33.1 Å². The molecule has 0 heterocycles. The molecule has 0 fully saturated rings. The number of aliphatic hydroxyl groups excluding tert-OH is 2. The minimum Gasteiger partial charge on any atom is -0.392 e. The first kappa shape index (κ1) is 13.7. The van der Waals surface area contributed by atoms with E-state index < -0.39 is 0 Å². The molecule has 94 valence electrons. The molecule has 3 heteroatoms. The van der Waals surface area contributed by atoms with Gasteiger partial charge in [0.25, 0.3) is 0 Å². The predicted molar refractivity (Wildman–Crippen MR) is 66.3 cm³/mol. The Labute approximate surface area is 98.8 Å². The summed E-state index contributed by atoms with van der Waals surface area (Å²) in [6.07, 6.45) is 7.38. The van der Waals surface area contributed by atoms with Crippen molar-refractivity contribution in [3.05, 3.63) is 12.2 Å². The van der Waals surface area contributed by atoms with Gasteiger partial charge in [-0.3, -0.25) is 4.90 Å². The van der Waals surface area contributed by atoms with Crippen molar-refractivity contribution < 1.29 is 10.2 Å². The Morgan fingerprint density at radius 3 is 2.25 bits per heavy atom. The summed E-state index contributed by atoms with van der Waals surface area (Å²) < 4.78 is 0. The summed E-state index contributed by atoms with van der Waals surface area (Å²) >= 11 is 0. The van der Waals surface area contributed by atoms with Gasteiger partial charge in [-0.1, -0.05) is 12.2 Å². The lowest BCUT2D eigenvalue weighted by atomic mass is 9.94. The molecule has 2 N–H and O–H groups in total. The van der Waals surface area contributed by atoms with Crippen LogP contribution in [0.2, 0.25) is 0 Å². The summed E-state index contributed by atoms with van der Waals surface area (Å²) in [5, 5.41) is 18.9. The summed E-state index contributed by atoms with van der Waals surface area (Å²) in [5.74, 6) is 0.683. The Bertz CT molecular complexity index is 204. The lowest BCUT2D eigenvalue weighted by Crippen LogP contribution is -2.39. The monoisotopic (exact) mass is 227 g/mol. The Kier molecular flexibility index (Phi) is 6.03. The zero-order chi connectivity index (χ0) is 12.0. The molecule has 0 saturated carbocycles. The van der Waals surface area contributed by atoms with Gasteiger partial charge < -0.3 is 10.2 Å². The molecule has 0 aromatic carbocycles. The second-order valence-electron chi connectivity index (χ2n) is 5.07. The molecule has 3 atom stereocenters. The van der Waals surface area contributed by atoms with E-state index in [1.165, 1.54) is 12.8 Å². The van der Waals surface area contributed by atoms with Crippen molar-refractivity contribution in [1.29, 1.82) is 0 Å². The van der Waals surface area contributed by atoms with E-state index in [1.54, 1.807) is 13.8 Å². The van der Waals surface area contributed by atoms with Crippen LogP contribution in [0.3, 0.4) is 0 Å². The first-order valence-corrected chi connectivity index (χ1v) is 6.31. The second-order valence-corrected chi connectivity index (χ2v) is 5.07. The van der Waals surface area contributed by atoms with Crippen LogP contribution in [0, 0.1) is 5.92 Å². The SMILES string of the molecule is C[C@H](O)CN(C[C@@H]1CC=CCC1)C[C@@H](C)O. The molecule has 0 aromatic rings. The number of hydrogen-bond acceptors (Lipinski definition) is 3. The highest BCUT2D eigenvalue weighted by Crippen LogP contribution is 2.19. The first-order valence-electron chi connectivity index (χ1n) is 6.31. The van der Waals surface area contributed by atoms with E-state index in [9.17, 15) is 10.2 Å². The molecule has 0 radical (unpaired) electrons. The van der Waals surface area contributed by atoms with Gasteiger partial charge in [-0.25, -0.2) is 0 Å². The van der Waals surface area contributed by atoms with Crippen LogP contribution in [0.4, 0.5) is 0 Å². The number of hydrogen-bond donors (Lipinski definition) is 2.